The molecule has 38 heavy (non-hydrogen) atoms. The Morgan fingerprint density at radius 1 is 1.29 bits per heavy atom. The number of carbonyl (C=O) groups is 2. The molecule has 0 aromatic heterocycles. The smallest absolute Gasteiger partial charge is 0.406 e. The van der Waals surface area contributed by atoms with Crippen LogP contribution in [0.2, 0.25) is 0 Å². The second-order valence-corrected chi connectivity index (χ2v) is 9.97. The van der Waals surface area contributed by atoms with Crippen molar-refractivity contribution in [1.29, 1.82) is 0 Å². The number of likely N-dealkylation sites (N-methyl/N-ethyl adjacent to an activating group) is 1. The zero-order valence-corrected chi connectivity index (χ0v) is 22.7. The van der Waals surface area contributed by atoms with E-state index in [0.717, 1.165) is 32.1 Å². The lowest BCUT2D eigenvalue weighted by Crippen LogP contribution is -2.60. The first kappa shape index (κ1) is 30.1. The van der Waals surface area contributed by atoms with Gasteiger partial charge in [0.05, 0.1) is 39.0 Å². The summed E-state index contributed by atoms with van der Waals surface area (Å²) in [6.07, 6.45) is 2.63. The van der Waals surface area contributed by atoms with Gasteiger partial charge >= 0.3 is 12.1 Å². The van der Waals surface area contributed by atoms with Gasteiger partial charge in [-0.05, 0) is 44.5 Å². The molecule has 1 aliphatic heterocycles. The van der Waals surface area contributed by atoms with E-state index in [1.807, 2.05) is 11.8 Å². The molecule has 214 valence electrons. The second-order valence-electron chi connectivity index (χ2n) is 9.97. The molecule has 0 spiro atoms. The summed E-state index contributed by atoms with van der Waals surface area (Å²) in [5.74, 6) is -0.400. The number of halogens is 1. The predicted octanol–water partition coefficient (Wildman–Crippen LogP) is 2.66. The number of urea groups is 1. The topological polar surface area (TPSA) is 113 Å². The van der Waals surface area contributed by atoms with Crippen LogP contribution in [-0.2, 0) is 14.2 Å². The molecule has 1 saturated heterocycles. The Bertz CT molecular complexity index is 887. The van der Waals surface area contributed by atoms with E-state index in [9.17, 15) is 19.1 Å². The van der Waals surface area contributed by atoms with Gasteiger partial charge in [-0.2, -0.15) is 0 Å². The molecule has 0 unspecified atom stereocenters. The van der Waals surface area contributed by atoms with Crippen molar-refractivity contribution in [2.75, 3.05) is 53.6 Å². The average Bonchev–Trinajstić information content (AvgIpc) is 2.93. The third-order valence-electron chi connectivity index (χ3n) is 7.33. The van der Waals surface area contributed by atoms with Gasteiger partial charge in [0, 0.05) is 25.7 Å². The molecule has 1 heterocycles. The Morgan fingerprint density at radius 2 is 2.05 bits per heavy atom. The highest BCUT2D eigenvalue weighted by Gasteiger charge is 2.39. The number of carbonyl (C=O) groups excluding carboxylic acids is 2. The summed E-state index contributed by atoms with van der Waals surface area (Å²) in [5, 5.41) is 16.3. The number of amides is 3. The van der Waals surface area contributed by atoms with Crippen LogP contribution in [-0.4, -0.2) is 105 Å². The van der Waals surface area contributed by atoms with Gasteiger partial charge < -0.3 is 39.8 Å². The lowest BCUT2D eigenvalue weighted by molar-refractivity contribution is -0.108. The van der Waals surface area contributed by atoms with Crippen molar-refractivity contribution in [2.24, 2.45) is 0 Å². The van der Waals surface area contributed by atoms with Crippen LogP contribution in [0, 0.1) is 5.82 Å². The van der Waals surface area contributed by atoms with Gasteiger partial charge in [0.15, 0.2) is 0 Å². The van der Waals surface area contributed by atoms with Gasteiger partial charge in [-0.1, -0.05) is 31.4 Å². The lowest BCUT2D eigenvalue weighted by atomic mass is 9.92. The number of morpholine rings is 1. The molecule has 0 bridgehead atoms. The van der Waals surface area contributed by atoms with Crippen molar-refractivity contribution in [3.8, 4) is 0 Å². The quantitative estimate of drug-likeness (QED) is 0.372. The fraction of sp³-hybridized carbons (Fsp3) is 0.704. The average molecular weight is 539 g/mol. The van der Waals surface area contributed by atoms with Crippen LogP contribution in [0.25, 0.3) is 0 Å². The van der Waals surface area contributed by atoms with E-state index in [0.29, 0.717) is 25.3 Å². The van der Waals surface area contributed by atoms with Crippen LogP contribution in [0.3, 0.4) is 0 Å². The predicted molar refractivity (Wildman–Crippen MR) is 140 cm³/mol. The highest BCUT2D eigenvalue weighted by Crippen LogP contribution is 2.30. The van der Waals surface area contributed by atoms with E-state index < -0.39 is 30.2 Å². The Labute approximate surface area is 224 Å². The minimum atomic E-state index is -0.701. The summed E-state index contributed by atoms with van der Waals surface area (Å²) in [7, 11) is 3.06. The maximum atomic E-state index is 14.1. The highest BCUT2D eigenvalue weighted by molar-refractivity contribution is 5.75. The van der Waals surface area contributed by atoms with Gasteiger partial charge in [0.1, 0.15) is 18.0 Å². The summed E-state index contributed by atoms with van der Waals surface area (Å²) >= 11 is 0. The number of aliphatic hydroxyl groups excluding tert-OH is 1. The van der Waals surface area contributed by atoms with Crippen molar-refractivity contribution in [3.63, 3.8) is 0 Å². The Balaban J connectivity index is 1.77. The molecular weight excluding hydrogens is 495 g/mol. The number of hydrogen-bond acceptors (Lipinski definition) is 7. The molecule has 1 aliphatic carbocycles. The minimum absolute atomic E-state index is 0.0683. The van der Waals surface area contributed by atoms with Crippen LogP contribution in [0.5, 0.6) is 0 Å². The molecule has 3 amide bonds. The van der Waals surface area contributed by atoms with Gasteiger partial charge in [-0.15, -0.1) is 0 Å². The second kappa shape index (κ2) is 15.2. The molecule has 4 atom stereocenters. The summed E-state index contributed by atoms with van der Waals surface area (Å²) < 4.78 is 30.8. The van der Waals surface area contributed by atoms with Crippen LogP contribution in [0.4, 0.5) is 14.0 Å². The van der Waals surface area contributed by atoms with E-state index in [-0.39, 0.29) is 37.8 Å². The van der Waals surface area contributed by atoms with Crippen molar-refractivity contribution in [3.05, 3.63) is 35.6 Å². The van der Waals surface area contributed by atoms with Crippen LogP contribution >= 0.6 is 0 Å². The fourth-order valence-corrected chi connectivity index (χ4v) is 5.30. The molecule has 1 saturated carbocycles. The number of ether oxygens (including phenoxy) is 3. The molecule has 3 rings (SSSR count). The normalized spacial score (nSPS) is 20.9. The van der Waals surface area contributed by atoms with Crippen LogP contribution < -0.4 is 10.6 Å². The zero-order chi connectivity index (χ0) is 27.5. The third kappa shape index (κ3) is 8.26. The number of methoxy groups -OCH3 is 1. The summed E-state index contributed by atoms with van der Waals surface area (Å²) in [5.41, 5.74) is 0.587. The molecule has 2 fully saturated rings. The Morgan fingerprint density at radius 3 is 2.74 bits per heavy atom. The van der Waals surface area contributed by atoms with Crippen molar-refractivity contribution < 1.29 is 33.3 Å². The number of nitrogens with one attached hydrogen (secondary N) is 2. The number of alkyl carbamates (subject to hydrolysis) is 1. The number of benzene rings is 1. The van der Waals surface area contributed by atoms with Crippen LogP contribution in [0.1, 0.15) is 50.7 Å². The minimum Gasteiger partial charge on any atom is -0.453 e. The maximum absolute atomic E-state index is 14.1. The van der Waals surface area contributed by atoms with E-state index >= 15 is 0 Å². The SMILES string of the molecule is CNC[C@@H](O)[C@H](C)N(C(=O)N1CCO[C@@H]([C@@H](OCCNC(=O)OC)c2cccc(F)c2)C1)C1CCCCC1. The first-order valence-corrected chi connectivity index (χ1v) is 13.6. The van der Waals surface area contributed by atoms with E-state index in [1.165, 1.54) is 19.2 Å². The molecule has 0 radical (unpaired) electrons. The van der Waals surface area contributed by atoms with Crippen molar-refractivity contribution >= 4 is 12.1 Å². The molecular formula is C27H43FN4O6. The van der Waals surface area contributed by atoms with Crippen molar-refractivity contribution in [1.82, 2.24) is 20.4 Å². The first-order valence-electron chi connectivity index (χ1n) is 13.6. The third-order valence-corrected chi connectivity index (χ3v) is 7.33. The lowest BCUT2D eigenvalue weighted by Gasteiger charge is -2.45. The van der Waals surface area contributed by atoms with Gasteiger partial charge in [0.2, 0.25) is 0 Å². The van der Waals surface area contributed by atoms with Crippen molar-refractivity contribution in [2.45, 2.75) is 69.4 Å². The number of aliphatic hydroxyl groups is 1. The van der Waals surface area contributed by atoms with Crippen LogP contribution in [0.15, 0.2) is 24.3 Å². The summed E-state index contributed by atoms with van der Waals surface area (Å²) in [6, 6.07) is 5.70. The number of hydrogen-bond donors (Lipinski definition) is 3. The highest BCUT2D eigenvalue weighted by atomic mass is 19.1. The maximum Gasteiger partial charge on any atom is 0.406 e. The van der Waals surface area contributed by atoms with E-state index in [4.69, 9.17) is 9.47 Å². The summed E-state index contributed by atoms with van der Waals surface area (Å²) in [4.78, 5) is 29.0. The van der Waals surface area contributed by atoms with Gasteiger partial charge in [0.25, 0.3) is 0 Å². The number of rotatable bonds is 11. The molecule has 1 aromatic carbocycles. The molecule has 3 N–H and O–H groups in total. The molecule has 10 nitrogen and oxygen atoms in total. The summed E-state index contributed by atoms with van der Waals surface area (Å²) in [6.45, 7) is 3.60. The van der Waals surface area contributed by atoms with Gasteiger partial charge in [-0.3, -0.25) is 0 Å². The Kier molecular flexibility index (Phi) is 12.0. The zero-order valence-electron chi connectivity index (χ0n) is 22.7. The number of nitrogens with zero attached hydrogens (tertiary/aromatic N) is 2. The largest absolute Gasteiger partial charge is 0.453 e. The van der Waals surface area contributed by atoms with E-state index in [2.05, 4.69) is 15.4 Å². The van der Waals surface area contributed by atoms with E-state index in [1.54, 1.807) is 24.1 Å². The first-order chi connectivity index (χ1) is 18.3. The fourth-order valence-electron chi connectivity index (χ4n) is 5.30. The van der Waals surface area contributed by atoms with Gasteiger partial charge in [-0.25, -0.2) is 14.0 Å². The standard InChI is InChI=1S/C27H43FN4O6/c1-19(23(33)17-29-2)32(22-10-5-4-6-11-22)27(35)31-13-15-37-24(18-31)25(20-8-7-9-21(28)16-20)38-14-12-30-26(34)36-3/h7-9,16,19,22-25,29,33H,4-6,10-15,17-18H2,1-3H3,(H,30,34)/t19-,23+,24+,25-/m0/s1. The molecule has 11 heteroatoms. The monoisotopic (exact) mass is 538 g/mol. The molecule has 1 aromatic rings. The molecule has 2 aliphatic rings. The Hall–Kier alpha value is -2.47.